The fourth-order valence-corrected chi connectivity index (χ4v) is 3.08. The molecule has 0 atom stereocenters. The van der Waals surface area contributed by atoms with Crippen molar-refractivity contribution in [3.05, 3.63) is 59.7 Å². The van der Waals surface area contributed by atoms with Crippen LogP contribution in [0.2, 0.25) is 0 Å². The molecule has 0 saturated carbocycles. The fraction of sp³-hybridized carbons (Fsp3) is 0.286. The zero-order valence-electron chi connectivity index (χ0n) is 15.0. The minimum atomic E-state index is -0.134. The Kier molecular flexibility index (Phi) is 5.25. The summed E-state index contributed by atoms with van der Waals surface area (Å²) >= 11 is 0. The van der Waals surface area contributed by atoms with Gasteiger partial charge in [-0.2, -0.15) is 0 Å². The molecule has 6 nitrogen and oxygen atoms in total. The summed E-state index contributed by atoms with van der Waals surface area (Å²) in [6.07, 6.45) is 3.29. The molecule has 0 bridgehead atoms. The van der Waals surface area contributed by atoms with E-state index in [2.05, 4.69) is 22.3 Å². The van der Waals surface area contributed by atoms with E-state index in [4.69, 9.17) is 14.2 Å². The summed E-state index contributed by atoms with van der Waals surface area (Å²) in [5.74, 6) is 1.31. The molecule has 0 spiro atoms. The van der Waals surface area contributed by atoms with E-state index in [1.54, 1.807) is 6.08 Å². The molecule has 2 heterocycles. The van der Waals surface area contributed by atoms with Gasteiger partial charge < -0.3 is 24.4 Å². The highest BCUT2D eigenvalue weighted by Crippen LogP contribution is 2.32. The van der Waals surface area contributed by atoms with Crippen LogP contribution in [0.25, 0.3) is 6.08 Å². The van der Waals surface area contributed by atoms with E-state index < -0.39 is 0 Å². The van der Waals surface area contributed by atoms with Crippen LogP contribution in [0.4, 0.5) is 5.69 Å². The minimum absolute atomic E-state index is 0.134. The number of carbonyl (C=O) groups is 1. The summed E-state index contributed by atoms with van der Waals surface area (Å²) in [5, 5.41) is 2.91. The highest BCUT2D eigenvalue weighted by molar-refractivity contribution is 5.91. The molecule has 27 heavy (non-hydrogen) atoms. The molecule has 1 saturated heterocycles. The smallest absolute Gasteiger partial charge is 0.244 e. The van der Waals surface area contributed by atoms with Crippen molar-refractivity contribution in [3.8, 4) is 11.5 Å². The van der Waals surface area contributed by atoms with E-state index >= 15 is 0 Å². The number of nitrogens with one attached hydrogen (secondary N) is 1. The summed E-state index contributed by atoms with van der Waals surface area (Å²) < 4.78 is 16.0. The van der Waals surface area contributed by atoms with Gasteiger partial charge in [-0.3, -0.25) is 4.79 Å². The largest absolute Gasteiger partial charge is 0.454 e. The molecule has 0 unspecified atom stereocenters. The normalized spacial score (nSPS) is 15.9. The van der Waals surface area contributed by atoms with Crippen molar-refractivity contribution in [2.45, 2.75) is 6.54 Å². The van der Waals surface area contributed by atoms with E-state index in [1.807, 2.05) is 30.3 Å². The number of anilines is 1. The molecule has 0 radical (unpaired) electrons. The fourth-order valence-electron chi connectivity index (χ4n) is 3.08. The second-order valence-electron chi connectivity index (χ2n) is 6.43. The van der Waals surface area contributed by atoms with Gasteiger partial charge in [0, 0.05) is 31.4 Å². The Morgan fingerprint density at radius 2 is 1.81 bits per heavy atom. The summed E-state index contributed by atoms with van der Waals surface area (Å²) in [4.78, 5) is 14.4. The van der Waals surface area contributed by atoms with Crippen LogP contribution in [-0.4, -0.2) is 39.0 Å². The van der Waals surface area contributed by atoms with Crippen LogP contribution in [0, 0.1) is 0 Å². The van der Waals surface area contributed by atoms with E-state index in [0.717, 1.165) is 43.2 Å². The van der Waals surface area contributed by atoms with E-state index in [-0.39, 0.29) is 12.7 Å². The van der Waals surface area contributed by atoms with E-state index in [1.165, 1.54) is 11.8 Å². The summed E-state index contributed by atoms with van der Waals surface area (Å²) in [5.41, 5.74) is 3.15. The Bertz CT molecular complexity index is 827. The second kappa shape index (κ2) is 8.14. The number of amides is 1. The average Bonchev–Trinajstić information content (AvgIpc) is 3.19. The van der Waals surface area contributed by atoms with Gasteiger partial charge >= 0.3 is 0 Å². The summed E-state index contributed by atoms with van der Waals surface area (Å²) in [6.45, 7) is 4.11. The lowest BCUT2D eigenvalue weighted by Crippen LogP contribution is -2.36. The number of rotatable bonds is 5. The van der Waals surface area contributed by atoms with Crippen LogP contribution >= 0.6 is 0 Å². The van der Waals surface area contributed by atoms with E-state index in [0.29, 0.717) is 12.3 Å². The molecule has 0 aliphatic carbocycles. The first-order chi connectivity index (χ1) is 13.3. The molecule has 1 N–H and O–H groups in total. The number of benzene rings is 2. The Morgan fingerprint density at radius 3 is 2.63 bits per heavy atom. The first-order valence-electron chi connectivity index (χ1n) is 9.05. The first kappa shape index (κ1) is 17.4. The predicted octanol–water partition coefficient (Wildman–Crippen LogP) is 2.58. The molecular formula is C21H22N2O4. The quantitative estimate of drug-likeness (QED) is 0.825. The van der Waals surface area contributed by atoms with Crippen molar-refractivity contribution >= 4 is 17.7 Å². The zero-order valence-corrected chi connectivity index (χ0v) is 15.0. The molecule has 1 amide bonds. The highest BCUT2D eigenvalue weighted by Gasteiger charge is 2.12. The number of morpholine rings is 1. The van der Waals surface area contributed by atoms with Crippen LogP contribution in [-0.2, 0) is 16.1 Å². The number of carbonyl (C=O) groups excluding carboxylic acids is 1. The van der Waals surface area contributed by atoms with Crippen LogP contribution in [0.5, 0.6) is 11.5 Å². The molecule has 140 valence electrons. The monoisotopic (exact) mass is 366 g/mol. The predicted molar refractivity (Wildman–Crippen MR) is 103 cm³/mol. The lowest BCUT2D eigenvalue weighted by molar-refractivity contribution is -0.116. The summed E-state index contributed by atoms with van der Waals surface area (Å²) in [7, 11) is 0. The molecular weight excluding hydrogens is 344 g/mol. The van der Waals surface area contributed by atoms with E-state index in [9.17, 15) is 4.79 Å². The number of ether oxygens (including phenoxy) is 3. The lowest BCUT2D eigenvalue weighted by atomic mass is 10.1. The lowest BCUT2D eigenvalue weighted by Gasteiger charge is -2.28. The first-order valence-corrected chi connectivity index (χ1v) is 9.05. The van der Waals surface area contributed by atoms with Crippen LogP contribution in [0.15, 0.2) is 48.5 Å². The zero-order chi connectivity index (χ0) is 18.5. The van der Waals surface area contributed by atoms with Gasteiger partial charge in [0.2, 0.25) is 12.7 Å². The highest BCUT2D eigenvalue weighted by atomic mass is 16.7. The number of nitrogens with zero attached hydrogens (tertiary/aromatic N) is 1. The topological polar surface area (TPSA) is 60.0 Å². The third-order valence-electron chi connectivity index (χ3n) is 4.60. The Labute approximate surface area is 158 Å². The third-order valence-corrected chi connectivity index (χ3v) is 4.60. The molecule has 1 fully saturated rings. The van der Waals surface area contributed by atoms with Crippen molar-refractivity contribution < 1.29 is 19.0 Å². The van der Waals surface area contributed by atoms with Gasteiger partial charge in [-0.1, -0.05) is 18.2 Å². The maximum absolute atomic E-state index is 12.1. The van der Waals surface area contributed by atoms with Gasteiger partial charge in [0.05, 0.1) is 13.2 Å². The van der Waals surface area contributed by atoms with Crippen molar-refractivity contribution in [2.75, 3.05) is 38.0 Å². The van der Waals surface area contributed by atoms with Crippen molar-refractivity contribution in [2.24, 2.45) is 0 Å². The molecule has 2 aliphatic heterocycles. The number of hydrogen-bond donors (Lipinski definition) is 1. The van der Waals surface area contributed by atoms with Crippen LogP contribution in [0.3, 0.4) is 0 Å². The van der Waals surface area contributed by atoms with Gasteiger partial charge in [-0.05, 0) is 41.5 Å². The molecule has 2 aliphatic rings. The standard InChI is InChI=1S/C21H22N2O4/c24-21(8-4-16-3-7-19-20(13-16)27-15-26-19)22-14-17-1-5-18(6-2-17)23-9-11-25-12-10-23/h1-8,13H,9-12,14-15H2,(H,22,24)/b8-4+. The third kappa shape index (κ3) is 4.41. The number of fused-ring (bicyclic) bond motifs is 1. The summed E-state index contributed by atoms with van der Waals surface area (Å²) in [6, 6.07) is 13.9. The van der Waals surface area contributed by atoms with Crippen molar-refractivity contribution in [3.63, 3.8) is 0 Å². The van der Waals surface area contributed by atoms with Gasteiger partial charge in [0.15, 0.2) is 11.5 Å². The van der Waals surface area contributed by atoms with Gasteiger partial charge in [0.1, 0.15) is 0 Å². The second-order valence-corrected chi connectivity index (χ2v) is 6.43. The maximum Gasteiger partial charge on any atom is 0.244 e. The van der Waals surface area contributed by atoms with Gasteiger partial charge in [-0.25, -0.2) is 0 Å². The molecule has 0 aromatic heterocycles. The van der Waals surface area contributed by atoms with Crippen LogP contribution in [0.1, 0.15) is 11.1 Å². The molecule has 2 aromatic carbocycles. The Morgan fingerprint density at radius 1 is 1.04 bits per heavy atom. The van der Waals surface area contributed by atoms with Crippen LogP contribution < -0.4 is 19.7 Å². The Balaban J connectivity index is 1.28. The minimum Gasteiger partial charge on any atom is -0.454 e. The molecule has 4 rings (SSSR count). The Hall–Kier alpha value is -2.99. The average molecular weight is 366 g/mol. The SMILES string of the molecule is O=C(/C=C/c1ccc2c(c1)OCO2)NCc1ccc(N2CCOCC2)cc1. The molecule has 2 aromatic rings. The van der Waals surface area contributed by atoms with Gasteiger partial charge in [0.25, 0.3) is 0 Å². The van der Waals surface area contributed by atoms with Crippen molar-refractivity contribution in [1.29, 1.82) is 0 Å². The van der Waals surface area contributed by atoms with Crippen molar-refractivity contribution in [1.82, 2.24) is 5.32 Å². The number of hydrogen-bond acceptors (Lipinski definition) is 5. The van der Waals surface area contributed by atoms with Gasteiger partial charge in [-0.15, -0.1) is 0 Å². The maximum atomic E-state index is 12.1. The molecule has 6 heteroatoms.